The molecule has 2 aromatic heterocycles. The van der Waals surface area contributed by atoms with Crippen LogP contribution in [0, 0.1) is 11.8 Å². The summed E-state index contributed by atoms with van der Waals surface area (Å²) in [6.45, 7) is 6.21. The predicted molar refractivity (Wildman–Crippen MR) is 189 cm³/mol. The van der Waals surface area contributed by atoms with Crippen molar-refractivity contribution in [3.63, 3.8) is 0 Å². The Kier molecular flexibility index (Phi) is 9.88. The molecule has 0 spiro atoms. The summed E-state index contributed by atoms with van der Waals surface area (Å²) in [5, 5.41) is 22.0. The molecule has 2 bridgehead atoms. The van der Waals surface area contributed by atoms with E-state index in [-0.39, 0.29) is 17.4 Å². The molecule has 1 saturated carbocycles. The monoisotopic (exact) mass is 653 g/mol. The Hall–Kier alpha value is -3.30. The summed E-state index contributed by atoms with van der Waals surface area (Å²) < 4.78 is 1.92. The summed E-state index contributed by atoms with van der Waals surface area (Å²) in [5.74, 6) is 1.48. The van der Waals surface area contributed by atoms with Crippen LogP contribution < -0.4 is 10.6 Å². The molecule has 48 heavy (non-hydrogen) atoms. The van der Waals surface area contributed by atoms with Crippen LogP contribution in [-0.2, 0) is 36.6 Å². The highest BCUT2D eigenvalue weighted by atomic mass is 16.4. The van der Waals surface area contributed by atoms with Crippen molar-refractivity contribution in [2.24, 2.45) is 18.9 Å². The number of fused-ring (bicyclic) bond motifs is 3. The summed E-state index contributed by atoms with van der Waals surface area (Å²) in [4.78, 5) is 24.9. The first kappa shape index (κ1) is 33.2. The number of piperidine rings is 1. The zero-order valence-corrected chi connectivity index (χ0v) is 29.2. The largest absolute Gasteiger partial charge is 0.481 e. The Morgan fingerprint density at radius 2 is 1.79 bits per heavy atom. The third-order valence-electron chi connectivity index (χ3n) is 12.4. The van der Waals surface area contributed by atoms with Crippen LogP contribution in [0.3, 0.4) is 0 Å². The number of nitrogens with one attached hydrogen (secondary N) is 2. The topological polar surface area (TPSA) is 108 Å². The minimum absolute atomic E-state index is 0.0195. The third kappa shape index (κ3) is 7.04. The molecule has 2 saturated heterocycles. The Labute approximate surface area is 286 Å². The summed E-state index contributed by atoms with van der Waals surface area (Å²) in [5.41, 5.74) is 5.04. The average molecular weight is 654 g/mol. The fourth-order valence-corrected chi connectivity index (χ4v) is 9.52. The van der Waals surface area contributed by atoms with Gasteiger partial charge in [-0.2, -0.15) is 5.10 Å². The molecule has 9 heteroatoms. The van der Waals surface area contributed by atoms with Gasteiger partial charge in [-0.05, 0) is 93.9 Å². The van der Waals surface area contributed by atoms with Crippen LogP contribution in [-0.4, -0.2) is 60.4 Å². The molecular formula is C39H55N7O2. The summed E-state index contributed by atoms with van der Waals surface area (Å²) in [6, 6.07) is 12.7. The van der Waals surface area contributed by atoms with Gasteiger partial charge in [-0.25, -0.2) is 9.97 Å². The Morgan fingerprint density at radius 1 is 1.04 bits per heavy atom. The van der Waals surface area contributed by atoms with Gasteiger partial charge in [0.05, 0.1) is 24.7 Å². The van der Waals surface area contributed by atoms with E-state index in [0.29, 0.717) is 30.6 Å². The van der Waals surface area contributed by atoms with Crippen molar-refractivity contribution in [1.82, 2.24) is 30.0 Å². The van der Waals surface area contributed by atoms with E-state index in [4.69, 9.17) is 9.97 Å². The molecule has 0 radical (unpaired) electrons. The van der Waals surface area contributed by atoms with Gasteiger partial charge in [0.25, 0.3) is 0 Å². The summed E-state index contributed by atoms with van der Waals surface area (Å²) in [7, 11) is 2.01. The maximum absolute atomic E-state index is 11.6. The zero-order valence-electron chi connectivity index (χ0n) is 29.2. The normalized spacial score (nSPS) is 28.5. The van der Waals surface area contributed by atoms with Crippen molar-refractivity contribution in [3.8, 4) is 0 Å². The van der Waals surface area contributed by atoms with Gasteiger partial charge in [-0.3, -0.25) is 14.4 Å². The second kappa shape index (κ2) is 14.3. The number of aromatic nitrogens is 4. The number of hydrogen-bond acceptors (Lipinski definition) is 7. The fraction of sp³-hybridized carbons (Fsp3) is 0.641. The van der Waals surface area contributed by atoms with Crippen molar-refractivity contribution < 1.29 is 9.90 Å². The van der Waals surface area contributed by atoms with Gasteiger partial charge in [0, 0.05) is 54.7 Å². The fourth-order valence-electron chi connectivity index (χ4n) is 9.52. The average Bonchev–Trinajstić information content (AvgIpc) is 3.62. The van der Waals surface area contributed by atoms with Crippen molar-refractivity contribution in [1.29, 1.82) is 0 Å². The van der Waals surface area contributed by atoms with Gasteiger partial charge in [0.1, 0.15) is 11.6 Å². The number of carboxylic acid groups (broad SMARTS) is 1. The van der Waals surface area contributed by atoms with Crippen LogP contribution in [0.4, 0.5) is 5.82 Å². The molecule has 0 amide bonds. The highest BCUT2D eigenvalue weighted by Crippen LogP contribution is 2.42. The molecule has 0 unspecified atom stereocenters. The van der Waals surface area contributed by atoms with E-state index in [9.17, 15) is 9.90 Å². The molecule has 3 N–H and O–H groups in total. The highest BCUT2D eigenvalue weighted by Gasteiger charge is 2.39. The number of anilines is 1. The Balaban J connectivity index is 1.17. The second-order valence-corrected chi connectivity index (χ2v) is 15.5. The van der Waals surface area contributed by atoms with E-state index in [1.165, 1.54) is 54.5 Å². The quantitative estimate of drug-likeness (QED) is 0.201. The maximum Gasteiger partial charge on any atom is 0.306 e. The van der Waals surface area contributed by atoms with E-state index in [1.807, 2.05) is 17.9 Å². The van der Waals surface area contributed by atoms with Crippen LogP contribution in [0.1, 0.15) is 119 Å². The number of aliphatic carboxylic acids is 1. The standard InChI is InChI=1S/C39H55N7O2/c1-4-33(26-13-15-27(16-14-26)38(47)48)40-23-36-42-34-19-20-39(2,29-9-6-5-7-10-29)21-32(34)37(44-36)43-35(28-22-41-45(3)24-28)25-46-30-11-8-12-31(46)18-17-30/h5-7,9-10,22,24,26-27,30-31,33,35,40H,4,8,11-21,23,25H2,1-3H3,(H,47,48)(H,42,43,44)/t26?,27?,30-,31-,33-,35+,39-/m1/s1. The molecular weight excluding hydrogens is 598 g/mol. The van der Waals surface area contributed by atoms with Crippen LogP contribution in [0.15, 0.2) is 42.7 Å². The maximum atomic E-state index is 11.6. The van der Waals surface area contributed by atoms with E-state index in [2.05, 4.69) is 71.0 Å². The molecule has 3 fully saturated rings. The van der Waals surface area contributed by atoms with Crippen LogP contribution >= 0.6 is 0 Å². The molecule has 5 atom stereocenters. The van der Waals surface area contributed by atoms with Crippen molar-refractivity contribution in [2.75, 3.05) is 11.9 Å². The van der Waals surface area contributed by atoms with Crippen molar-refractivity contribution in [3.05, 3.63) is 70.9 Å². The van der Waals surface area contributed by atoms with Gasteiger partial charge in [0.2, 0.25) is 0 Å². The minimum atomic E-state index is -0.641. The van der Waals surface area contributed by atoms with Gasteiger partial charge >= 0.3 is 5.97 Å². The lowest BCUT2D eigenvalue weighted by Gasteiger charge is -2.38. The highest BCUT2D eigenvalue weighted by molar-refractivity contribution is 5.70. The number of hydrogen-bond donors (Lipinski definition) is 3. The predicted octanol–water partition coefficient (Wildman–Crippen LogP) is 6.59. The summed E-state index contributed by atoms with van der Waals surface area (Å²) in [6.07, 6.45) is 18.2. The third-order valence-corrected chi connectivity index (χ3v) is 12.4. The second-order valence-electron chi connectivity index (χ2n) is 15.5. The van der Waals surface area contributed by atoms with Crippen LogP contribution in [0.5, 0.6) is 0 Å². The molecule has 7 rings (SSSR count). The van der Waals surface area contributed by atoms with Crippen LogP contribution in [0.2, 0.25) is 0 Å². The Bertz CT molecular complexity index is 1530. The van der Waals surface area contributed by atoms with E-state index in [1.54, 1.807) is 0 Å². The molecule has 1 aromatic carbocycles. The van der Waals surface area contributed by atoms with E-state index < -0.39 is 5.97 Å². The first-order valence-corrected chi connectivity index (χ1v) is 18.7. The molecule has 2 aliphatic heterocycles. The molecule has 4 heterocycles. The number of carboxylic acids is 1. The lowest BCUT2D eigenvalue weighted by atomic mass is 9.70. The van der Waals surface area contributed by atoms with E-state index >= 15 is 0 Å². The SMILES string of the molecule is CC[C@@H](NCc1nc2c(c(N[C@@H](CN3[C@@H]4CCC[C@@H]3CC4)c3cnn(C)c3)n1)C[C@](C)(c1ccccc1)CC2)C1CCC(C(=O)O)CC1. The lowest BCUT2D eigenvalue weighted by molar-refractivity contribution is -0.143. The number of benzene rings is 1. The summed E-state index contributed by atoms with van der Waals surface area (Å²) >= 11 is 0. The minimum Gasteiger partial charge on any atom is -0.481 e. The zero-order chi connectivity index (χ0) is 33.3. The van der Waals surface area contributed by atoms with Gasteiger partial charge < -0.3 is 15.7 Å². The van der Waals surface area contributed by atoms with Gasteiger partial charge in [-0.1, -0.05) is 50.6 Å². The van der Waals surface area contributed by atoms with Crippen molar-refractivity contribution >= 4 is 11.8 Å². The number of aryl methyl sites for hydroxylation is 2. The molecule has 2 aliphatic carbocycles. The molecule has 3 aromatic rings. The van der Waals surface area contributed by atoms with Crippen LogP contribution in [0.25, 0.3) is 0 Å². The molecule has 4 aliphatic rings. The first-order valence-electron chi connectivity index (χ1n) is 18.7. The number of nitrogens with zero attached hydrogens (tertiary/aromatic N) is 5. The Morgan fingerprint density at radius 3 is 2.46 bits per heavy atom. The first-order chi connectivity index (χ1) is 23.3. The smallest absolute Gasteiger partial charge is 0.306 e. The van der Waals surface area contributed by atoms with Gasteiger partial charge in [-0.15, -0.1) is 0 Å². The molecule has 9 nitrogen and oxygen atoms in total. The van der Waals surface area contributed by atoms with Crippen molar-refractivity contribution in [2.45, 2.75) is 133 Å². The number of rotatable bonds is 12. The lowest BCUT2D eigenvalue weighted by Crippen LogP contribution is -2.43. The molecule has 258 valence electrons. The number of carbonyl (C=O) groups is 1. The van der Waals surface area contributed by atoms with Gasteiger partial charge in [0.15, 0.2) is 0 Å². The van der Waals surface area contributed by atoms with E-state index in [0.717, 1.165) is 69.6 Å².